The van der Waals surface area contributed by atoms with Crippen molar-refractivity contribution in [1.29, 1.82) is 0 Å². The first-order valence-electron chi connectivity index (χ1n) is 4.51. The molecular formula is C10H7BrO5S. The molecule has 2 N–H and O–H groups in total. The fourth-order valence-corrected chi connectivity index (χ4v) is 3.57. The maximum atomic E-state index is 11.9. The quantitative estimate of drug-likeness (QED) is 0.849. The third-order valence-electron chi connectivity index (χ3n) is 2.37. The van der Waals surface area contributed by atoms with E-state index in [0.29, 0.717) is 10.0 Å². The standard InChI is InChI=1S/C10H7BrO5S/c11-6-1-2-7-5(3-6)4-8(17(7,15)16)9(12)10(13)14/h1-4,9,12H,(H,13,14). The Balaban J connectivity index is 2.62. The number of aliphatic carboxylic acids is 1. The van der Waals surface area contributed by atoms with Gasteiger partial charge in [-0.3, -0.25) is 0 Å². The van der Waals surface area contributed by atoms with Gasteiger partial charge in [-0.1, -0.05) is 15.9 Å². The lowest BCUT2D eigenvalue weighted by Gasteiger charge is -2.06. The van der Waals surface area contributed by atoms with Crippen LogP contribution in [0.15, 0.2) is 32.5 Å². The Morgan fingerprint density at radius 2 is 2.00 bits per heavy atom. The zero-order chi connectivity index (χ0) is 12.8. The molecule has 0 bridgehead atoms. The second kappa shape index (κ2) is 3.94. The van der Waals surface area contributed by atoms with Crippen LogP contribution in [0.3, 0.4) is 0 Å². The Bertz CT molecular complexity index is 632. The molecule has 1 aliphatic rings. The van der Waals surface area contributed by atoms with Gasteiger partial charge >= 0.3 is 5.97 Å². The second-order valence-corrected chi connectivity index (χ2v) is 6.31. The van der Waals surface area contributed by atoms with Crippen LogP contribution < -0.4 is 0 Å². The highest BCUT2D eigenvalue weighted by molar-refractivity contribution is 9.10. The first-order chi connectivity index (χ1) is 7.84. The number of fused-ring (bicyclic) bond motifs is 1. The van der Waals surface area contributed by atoms with E-state index in [1.807, 2.05) is 0 Å². The molecule has 0 saturated carbocycles. The Morgan fingerprint density at radius 3 is 2.59 bits per heavy atom. The van der Waals surface area contributed by atoms with E-state index in [0.717, 1.165) is 0 Å². The number of sulfone groups is 1. The minimum Gasteiger partial charge on any atom is -0.479 e. The molecule has 1 atom stereocenters. The molecule has 0 spiro atoms. The monoisotopic (exact) mass is 318 g/mol. The van der Waals surface area contributed by atoms with E-state index in [1.165, 1.54) is 12.1 Å². The van der Waals surface area contributed by atoms with Crippen LogP contribution in [0.5, 0.6) is 0 Å². The summed E-state index contributed by atoms with van der Waals surface area (Å²) in [6, 6.07) is 4.46. The first-order valence-corrected chi connectivity index (χ1v) is 6.79. The van der Waals surface area contributed by atoms with E-state index in [4.69, 9.17) is 5.11 Å². The lowest BCUT2D eigenvalue weighted by molar-refractivity contribution is -0.144. The van der Waals surface area contributed by atoms with Gasteiger partial charge in [0, 0.05) is 4.47 Å². The zero-order valence-electron chi connectivity index (χ0n) is 8.29. The molecule has 0 radical (unpaired) electrons. The average Bonchev–Trinajstić information content (AvgIpc) is 2.48. The van der Waals surface area contributed by atoms with E-state index >= 15 is 0 Å². The molecule has 0 saturated heterocycles. The maximum absolute atomic E-state index is 11.9. The Morgan fingerprint density at radius 1 is 1.35 bits per heavy atom. The number of halogens is 1. The second-order valence-electron chi connectivity index (χ2n) is 3.47. The highest BCUT2D eigenvalue weighted by atomic mass is 79.9. The number of carbonyl (C=O) groups is 1. The molecule has 90 valence electrons. The van der Waals surface area contributed by atoms with Gasteiger partial charge in [-0.2, -0.15) is 0 Å². The third kappa shape index (κ3) is 1.90. The summed E-state index contributed by atoms with van der Waals surface area (Å²) >= 11 is 3.19. The van der Waals surface area contributed by atoms with Crippen molar-refractivity contribution in [3.63, 3.8) is 0 Å². The van der Waals surface area contributed by atoms with Crippen LogP contribution >= 0.6 is 15.9 Å². The molecule has 1 heterocycles. The number of aliphatic hydroxyl groups is 1. The zero-order valence-corrected chi connectivity index (χ0v) is 10.7. The molecule has 1 unspecified atom stereocenters. The largest absolute Gasteiger partial charge is 0.479 e. The van der Waals surface area contributed by atoms with Crippen LogP contribution in [0.25, 0.3) is 6.08 Å². The predicted octanol–water partition coefficient (Wildman–Crippen LogP) is 1.02. The fraction of sp³-hybridized carbons (Fsp3) is 0.100. The van der Waals surface area contributed by atoms with E-state index in [-0.39, 0.29) is 4.90 Å². The predicted molar refractivity (Wildman–Crippen MR) is 62.9 cm³/mol. The van der Waals surface area contributed by atoms with E-state index in [1.54, 1.807) is 12.1 Å². The highest BCUT2D eigenvalue weighted by Gasteiger charge is 2.37. The van der Waals surface area contributed by atoms with Crippen LogP contribution in [-0.2, 0) is 14.6 Å². The van der Waals surface area contributed by atoms with Crippen LogP contribution in [0.2, 0.25) is 0 Å². The summed E-state index contributed by atoms with van der Waals surface area (Å²) in [7, 11) is -3.90. The van der Waals surface area contributed by atoms with Gasteiger partial charge in [-0.05, 0) is 29.8 Å². The van der Waals surface area contributed by atoms with Crippen molar-refractivity contribution in [2.45, 2.75) is 11.0 Å². The van der Waals surface area contributed by atoms with Gasteiger partial charge in [-0.25, -0.2) is 13.2 Å². The normalized spacial score (nSPS) is 18.4. The average molecular weight is 319 g/mol. The van der Waals surface area contributed by atoms with E-state index in [9.17, 15) is 18.3 Å². The highest BCUT2D eigenvalue weighted by Crippen LogP contribution is 2.35. The molecule has 1 aromatic carbocycles. The van der Waals surface area contributed by atoms with Gasteiger partial charge in [0.25, 0.3) is 0 Å². The van der Waals surface area contributed by atoms with Gasteiger partial charge in [0.05, 0.1) is 9.80 Å². The number of aliphatic hydroxyl groups excluding tert-OH is 1. The Labute approximate surface area is 105 Å². The summed E-state index contributed by atoms with van der Waals surface area (Å²) in [6.45, 7) is 0. The summed E-state index contributed by atoms with van der Waals surface area (Å²) in [5, 5.41) is 18.0. The number of benzene rings is 1. The van der Waals surface area contributed by atoms with Crippen molar-refractivity contribution < 1.29 is 23.4 Å². The van der Waals surface area contributed by atoms with Crippen molar-refractivity contribution >= 4 is 37.8 Å². The molecule has 2 rings (SSSR count). The fourth-order valence-electron chi connectivity index (χ4n) is 1.58. The van der Waals surface area contributed by atoms with Gasteiger partial charge in [-0.15, -0.1) is 0 Å². The summed E-state index contributed by atoms with van der Waals surface area (Å²) in [5.74, 6) is -1.59. The van der Waals surface area contributed by atoms with Crippen LogP contribution in [-0.4, -0.2) is 30.7 Å². The number of hydrogen-bond donors (Lipinski definition) is 2. The first kappa shape index (κ1) is 12.3. The van der Waals surface area contributed by atoms with E-state index < -0.39 is 26.8 Å². The lowest BCUT2D eigenvalue weighted by Crippen LogP contribution is -2.25. The molecule has 0 amide bonds. The van der Waals surface area contributed by atoms with Gasteiger partial charge in [0.15, 0.2) is 6.10 Å². The van der Waals surface area contributed by atoms with Gasteiger partial charge in [0.1, 0.15) is 0 Å². The van der Waals surface area contributed by atoms with Crippen LogP contribution in [0.4, 0.5) is 0 Å². The van der Waals surface area contributed by atoms with Crippen LogP contribution in [0.1, 0.15) is 5.56 Å². The van der Waals surface area contributed by atoms with Crippen molar-refractivity contribution in [2.75, 3.05) is 0 Å². The van der Waals surface area contributed by atoms with Crippen molar-refractivity contribution in [3.05, 3.63) is 33.1 Å². The third-order valence-corrected chi connectivity index (χ3v) is 4.78. The van der Waals surface area contributed by atoms with Gasteiger partial charge < -0.3 is 10.2 Å². The lowest BCUT2D eigenvalue weighted by atomic mass is 10.2. The summed E-state index contributed by atoms with van der Waals surface area (Å²) in [6.07, 6.45) is -0.861. The SMILES string of the molecule is O=C(O)C(O)C1=Cc2cc(Br)ccc2S1(=O)=O. The number of carboxylic acid groups (broad SMARTS) is 1. The Kier molecular flexibility index (Phi) is 2.84. The molecular weight excluding hydrogens is 312 g/mol. The molecule has 1 aliphatic heterocycles. The summed E-state index contributed by atoms with van der Waals surface area (Å²) in [5.41, 5.74) is 0.370. The minimum absolute atomic E-state index is 0.0102. The van der Waals surface area contributed by atoms with Crippen molar-refractivity contribution in [2.24, 2.45) is 0 Å². The number of rotatable bonds is 2. The maximum Gasteiger partial charge on any atom is 0.337 e. The molecule has 7 heteroatoms. The minimum atomic E-state index is -3.90. The molecule has 0 fully saturated rings. The summed E-state index contributed by atoms with van der Waals surface area (Å²) < 4.78 is 24.5. The molecule has 17 heavy (non-hydrogen) atoms. The smallest absolute Gasteiger partial charge is 0.337 e. The number of hydrogen-bond acceptors (Lipinski definition) is 4. The Hall–Kier alpha value is -1.18. The van der Waals surface area contributed by atoms with Crippen LogP contribution in [0, 0.1) is 0 Å². The molecule has 0 aliphatic carbocycles. The molecule has 5 nitrogen and oxygen atoms in total. The summed E-state index contributed by atoms with van der Waals surface area (Å²) in [4.78, 5) is 10.1. The van der Waals surface area contributed by atoms with Gasteiger partial charge in [0.2, 0.25) is 9.84 Å². The molecule has 1 aromatic rings. The molecule has 0 aromatic heterocycles. The van der Waals surface area contributed by atoms with Crippen molar-refractivity contribution in [1.82, 2.24) is 0 Å². The van der Waals surface area contributed by atoms with E-state index in [2.05, 4.69) is 15.9 Å². The number of carboxylic acids is 1. The van der Waals surface area contributed by atoms with Crippen molar-refractivity contribution in [3.8, 4) is 0 Å². The topological polar surface area (TPSA) is 91.7 Å².